The lowest BCUT2D eigenvalue weighted by molar-refractivity contribution is 0.152. The molecular weight excluding hydrogens is 176 g/mol. The Bertz CT molecular complexity index is 126. The Hall–Kier alpha value is -0.120. The highest BCUT2D eigenvalue weighted by molar-refractivity contribution is 4.62. The zero-order valence-electron chi connectivity index (χ0n) is 10.2. The van der Waals surface area contributed by atoms with E-state index in [4.69, 9.17) is 5.11 Å². The number of nitrogens with zero attached hydrogens (tertiary/aromatic N) is 2. The first-order chi connectivity index (χ1) is 6.65. The third kappa shape index (κ3) is 5.58. The fourth-order valence-corrected chi connectivity index (χ4v) is 1.44. The van der Waals surface area contributed by atoms with Gasteiger partial charge >= 0.3 is 0 Å². The van der Waals surface area contributed by atoms with Crippen LogP contribution in [0.25, 0.3) is 0 Å². The molecule has 0 aromatic carbocycles. The molecule has 0 aromatic rings. The molecule has 0 rings (SSSR count). The first-order valence-electron chi connectivity index (χ1n) is 5.69. The van der Waals surface area contributed by atoms with E-state index in [-0.39, 0.29) is 12.6 Å². The lowest BCUT2D eigenvalue weighted by Crippen LogP contribution is -2.34. The lowest BCUT2D eigenvalue weighted by atomic mass is 10.3. The molecule has 0 aromatic heterocycles. The van der Waals surface area contributed by atoms with E-state index in [0.29, 0.717) is 0 Å². The van der Waals surface area contributed by atoms with Crippen LogP contribution in [0, 0.1) is 0 Å². The number of likely N-dealkylation sites (N-methyl/N-ethyl adjacent to an activating group) is 1. The minimum atomic E-state index is 0.252. The van der Waals surface area contributed by atoms with Crippen molar-refractivity contribution in [2.45, 2.75) is 33.2 Å². The average Bonchev–Trinajstić information content (AvgIpc) is 2.22. The van der Waals surface area contributed by atoms with Gasteiger partial charge in [0.05, 0.1) is 6.61 Å². The van der Waals surface area contributed by atoms with Crippen molar-refractivity contribution in [2.75, 3.05) is 39.8 Å². The molecule has 0 spiro atoms. The summed E-state index contributed by atoms with van der Waals surface area (Å²) in [7, 11) is 2.07. The Morgan fingerprint density at radius 1 is 1.14 bits per heavy atom. The summed E-state index contributed by atoms with van der Waals surface area (Å²) in [4.78, 5) is 4.64. The summed E-state index contributed by atoms with van der Waals surface area (Å²) in [6.07, 6.45) is 1.18. The lowest BCUT2D eigenvalue weighted by Gasteiger charge is -2.24. The molecule has 1 unspecified atom stereocenters. The molecule has 0 radical (unpaired) electrons. The number of aliphatic hydroxyl groups is 1. The van der Waals surface area contributed by atoms with E-state index in [2.05, 4.69) is 37.6 Å². The Morgan fingerprint density at radius 3 is 2.14 bits per heavy atom. The van der Waals surface area contributed by atoms with Crippen LogP contribution in [0.4, 0.5) is 0 Å². The zero-order valence-corrected chi connectivity index (χ0v) is 10.2. The zero-order chi connectivity index (χ0) is 11.0. The van der Waals surface area contributed by atoms with Gasteiger partial charge in [-0.15, -0.1) is 0 Å². The molecule has 0 aliphatic heterocycles. The van der Waals surface area contributed by atoms with Crippen LogP contribution in [-0.2, 0) is 0 Å². The van der Waals surface area contributed by atoms with Gasteiger partial charge in [0.2, 0.25) is 0 Å². The Morgan fingerprint density at radius 2 is 1.71 bits per heavy atom. The average molecular weight is 202 g/mol. The fraction of sp³-hybridized carbons (Fsp3) is 1.00. The van der Waals surface area contributed by atoms with E-state index >= 15 is 0 Å². The third-order valence-electron chi connectivity index (χ3n) is 2.90. The van der Waals surface area contributed by atoms with Crippen LogP contribution in [-0.4, -0.2) is 60.8 Å². The Kier molecular flexibility index (Phi) is 8.14. The van der Waals surface area contributed by atoms with E-state index < -0.39 is 0 Å². The van der Waals surface area contributed by atoms with E-state index in [1.165, 1.54) is 6.42 Å². The molecule has 86 valence electrons. The van der Waals surface area contributed by atoms with Gasteiger partial charge in [-0.05, 0) is 46.6 Å². The summed E-state index contributed by atoms with van der Waals surface area (Å²) in [6, 6.07) is 0.284. The van der Waals surface area contributed by atoms with Crippen molar-refractivity contribution in [3.63, 3.8) is 0 Å². The molecule has 0 aliphatic rings. The monoisotopic (exact) mass is 202 g/mol. The van der Waals surface area contributed by atoms with Crippen molar-refractivity contribution >= 4 is 0 Å². The van der Waals surface area contributed by atoms with Crippen LogP contribution < -0.4 is 0 Å². The summed E-state index contributed by atoms with van der Waals surface area (Å²) in [5.74, 6) is 0. The van der Waals surface area contributed by atoms with Gasteiger partial charge in [0.15, 0.2) is 0 Å². The maximum atomic E-state index is 8.95. The summed E-state index contributed by atoms with van der Waals surface area (Å²) >= 11 is 0. The van der Waals surface area contributed by atoms with Crippen LogP contribution in [0.3, 0.4) is 0 Å². The quantitative estimate of drug-likeness (QED) is 0.637. The minimum absolute atomic E-state index is 0.252. The van der Waals surface area contributed by atoms with Gasteiger partial charge in [-0.25, -0.2) is 0 Å². The number of rotatable bonds is 8. The molecule has 1 atom stereocenters. The van der Waals surface area contributed by atoms with E-state index in [9.17, 15) is 0 Å². The molecule has 3 nitrogen and oxygen atoms in total. The van der Waals surface area contributed by atoms with Gasteiger partial charge in [0, 0.05) is 6.04 Å². The van der Waals surface area contributed by atoms with Gasteiger partial charge < -0.3 is 14.9 Å². The van der Waals surface area contributed by atoms with E-state index in [0.717, 1.165) is 26.2 Å². The van der Waals surface area contributed by atoms with Crippen molar-refractivity contribution < 1.29 is 5.11 Å². The molecule has 1 N–H and O–H groups in total. The molecule has 14 heavy (non-hydrogen) atoms. The normalized spacial score (nSPS) is 13.9. The molecule has 3 heteroatoms. The summed E-state index contributed by atoms with van der Waals surface area (Å²) in [6.45, 7) is 11.2. The second-order valence-electron chi connectivity index (χ2n) is 3.89. The maximum Gasteiger partial charge on any atom is 0.0584 e. The first-order valence-corrected chi connectivity index (χ1v) is 5.69. The highest BCUT2D eigenvalue weighted by atomic mass is 16.3. The fourth-order valence-electron chi connectivity index (χ4n) is 1.44. The summed E-state index contributed by atoms with van der Waals surface area (Å²) in [5, 5.41) is 8.95. The predicted molar refractivity (Wildman–Crippen MR) is 61.6 cm³/mol. The summed E-state index contributed by atoms with van der Waals surface area (Å²) in [5.41, 5.74) is 0. The molecule has 0 heterocycles. The minimum Gasteiger partial charge on any atom is -0.395 e. The highest BCUT2D eigenvalue weighted by Crippen LogP contribution is 1.97. The van der Waals surface area contributed by atoms with Gasteiger partial charge in [-0.2, -0.15) is 0 Å². The van der Waals surface area contributed by atoms with E-state index in [1.54, 1.807) is 0 Å². The largest absolute Gasteiger partial charge is 0.395 e. The second-order valence-corrected chi connectivity index (χ2v) is 3.89. The molecule has 0 aliphatic carbocycles. The van der Waals surface area contributed by atoms with Crippen molar-refractivity contribution in [2.24, 2.45) is 0 Å². The maximum absolute atomic E-state index is 8.95. The predicted octanol–water partition coefficient (Wildman–Crippen LogP) is 1.03. The van der Waals surface area contributed by atoms with Gasteiger partial charge in [0.25, 0.3) is 0 Å². The molecule has 0 bridgehead atoms. The van der Waals surface area contributed by atoms with Crippen LogP contribution in [0.15, 0.2) is 0 Å². The second kappa shape index (κ2) is 8.21. The highest BCUT2D eigenvalue weighted by Gasteiger charge is 2.07. The molecule has 0 fully saturated rings. The third-order valence-corrected chi connectivity index (χ3v) is 2.90. The van der Waals surface area contributed by atoms with Crippen LogP contribution in [0.1, 0.15) is 27.2 Å². The Balaban J connectivity index is 3.52. The number of aliphatic hydroxyl groups excluding tert-OH is 1. The SMILES string of the molecule is CCN(CC)CCCN(C)C(C)CO. The van der Waals surface area contributed by atoms with Crippen molar-refractivity contribution in [1.29, 1.82) is 0 Å². The van der Waals surface area contributed by atoms with Crippen molar-refractivity contribution in [3.8, 4) is 0 Å². The van der Waals surface area contributed by atoms with Crippen LogP contribution in [0.5, 0.6) is 0 Å². The van der Waals surface area contributed by atoms with Crippen LogP contribution >= 0.6 is 0 Å². The standard InChI is InChI=1S/C11H26N2O/c1-5-13(6-2)9-7-8-12(4)11(3)10-14/h11,14H,5-10H2,1-4H3. The Labute approximate surface area is 88.7 Å². The summed E-state index contributed by atoms with van der Waals surface area (Å²) < 4.78 is 0. The molecule has 0 saturated carbocycles. The number of hydrogen-bond acceptors (Lipinski definition) is 3. The van der Waals surface area contributed by atoms with Gasteiger partial charge in [-0.1, -0.05) is 13.8 Å². The van der Waals surface area contributed by atoms with Gasteiger partial charge in [0.1, 0.15) is 0 Å². The topological polar surface area (TPSA) is 26.7 Å². The van der Waals surface area contributed by atoms with Gasteiger partial charge in [-0.3, -0.25) is 0 Å². The molecule has 0 saturated heterocycles. The number of hydrogen-bond donors (Lipinski definition) is 1. The first kappa shape index (κ1) is 13.9. The molecule has 0 amide bonds. The smallest absolute Gasteiger partial charge is 0.0584 e. The van der Waals surface area contributed by atoms with Crippen LogP contribution in [0.2, 0.25) is 0 Å². The van der Waals surface area contributed by atoms with E-state index in [1.807, 2.05) is 0 Å². The van der Waals surface area contributed by atoms with Crippen molar-refractivity contribution in [3.05, 3.63) is 0 Å². The van der Waals surface area contributed by atoms with Crippen molar-refractivity contribution in [1.82, 2.24) is 9.80 Å². The molecular formula is C11H26N2O.